The molecule has 46 heavy (non-hydrogen) atoms. The minimum atomic E-state index is -0.617. The molecule has 0 saturated heterocycles. The predicted octanol–water partition coefficient (Wildman–Crippen LogP) is 13.5. The Morgan fingerprint density at radius 3 is 1.52 bits per heavy atom. The Balaban J connectivity index is -0.000000163. The van der Waals surface area contributed by atoms with Gasteiger partial charge in [-0.1, -0.05) is 122 Å². The van der Waals surface area contributed by atoms with Gasteiger partial charge in [-0.15, -0.1) is 13.2 Å². The molecule has 0 aromatic carbocycles. The van der Waals surface area contributed by atoms with Gasteiger partial charge in [0.05, 0.1) is 24.5 Å². The summed E-state index contributed by atoms with van der Waals surface area (Å²) in [5, 5.41) is 18.2. The summed E-state index contributed by atoms with van der Waals surface area (Å²) in [6.07, 6.45) is 12.7. The number of aliphatic hydroxyl groups is 2. The van der Waals surface area contributed by atoms with E-state index in [1.165, 1.54) is 44.9 Å². The molecule has 1 rings (SSSR count). The molecule has 0 aliphatic heterocycles. The van der Waals surface area contributed by atoms with Crippen molar-refractivity contribution in [3.63, 3.8) is 0 Å². The molecule has 4 heteroatoms. The zero-order chi connectivity index (χ0) is 37.3. The van der Waals surface area contributed by atoms with Crippen molar-refractivity contribution in [2.75, 3.05) is 6.61 Å². The topological polar surface area (TPSA) is 49.7 Å². The minimum absolute atomic E-state index is 0.0648. The zero-order valence-corrected chi connectivity index (χ0v) is 34.6. The van der Waals surface area contributed by atoms with Crippen molar-refractivity contribution >= 4 is 0 Å². The average molecular weight is 663 g/mol. The second kappa shape index (κ2) is 39.0. The summed E-state index contributed by atoms with van der Waals surface area (Å²) in [6.45, 7) is 41.0. The first kappa shape index (κ1) is 55.0. The lowest BCUT2D eigenvalue weighted by Gasteiger charge is -2.36. The highest BCUT2D eigenvalue weighted by Crippen LogP contribution is 2.35. The molecule has 1 saturated carbocycles. The molecule has 0 radical (unpaired) electrons. The molecule has 1 aliphatic rings. The van der Waals surface area contributed by atoms with Gasteiger partial charge in [-0.3, -0.25) is 0 Å². The third kappa shape index (κ3) is 34.9. The van der Waals surface area contributed by atoms with Gasteiger partial charge in [0.15, 0.2) is 0 Å². The van der Waals surface area contributed by atoms with E-state index in [-0.39, 0.29) is 12.2 Å². The molecule has 0 aromatic heterocycles. The largest absolute Gasteiger partial charge is 0.393 e. The number of hydrogen-bond acceptors (Lipinski definition) is 3. The van der Waals surface area contributed by atoms with Gasteiger partial charge in [0.25, 0.3) is 0 Å². The summed E-state index contributed by atoms with van der Waals surface area (Å²) in [4.78, 5) is 0. The molecule has 1 fully saturated rings. The van der Waals surface area contributed by atoms with Crippen molar-refractivity contribution in [3.05, 3.63) is 13.2 Å². The minimum Gasteiger partial charge on any atom is -0.393 e. The molecule has 0 amide bonds. The molecule has 2 N–H and O–H groups in total. The van der Waals surface area contributed by atoms with Crippen LogP contribution >= 0.6 is 0 Å². The van der Waals surface area contributed by atoms with E-state index < -0.39 is 6.17 Å². The number of alkyl halides is 1. The fourth-order valence-electron chi connectivity index (χ4n) is 5.55. The lowest BCUT2D eigenvalue weighted by molar-refractivity contribution is -0.0321. The first-order valence-corrected chi connectivity index (χ1v) is 19.8. The van der Waals surface area contributed by atoms with Gasteiger partial charge in [-0.2, -0.15) is 0 Å². The van der Waals surface area contributed by atoms with E-state index in [4.69, 9.17) is 9.84 Å². The van der Waals surface area contributed by atoms with E-state index >= 15 is 0 Å². The lowest BCUT2D eigenvalue weighted by Crippen LogP contribution is -2.33. The normalized spacial score (nSPS) is 21.0. The number of rotatable bonds is 16. The highest BCUT2D eigenvalue weighted by Gasteiger charge is 2.30. The lowest BCUT2D eigenvalue weighted by atomic mass is 9.76. The third-order valence-electron chi connectivity index (χ3n) is 10.0. The highest BCUT2D eigenvalue weighted by molar-refractivity contribution is 4.81. The van der Waals surface area contributed by atoms with Crippen LogP contribution in [0.5, 0.6) is 0 Å². The van der Waals surface area contributed by atoms with Gasteiger partial charge in [0, 0.05) is 6.61 Å². The maximum Gasteiger partial charge on any atom is 0.0973 e. The molecule has 0 spiro atoms. The van der Waals surface area contributed by atoms with Crippen LogP contribution in [0.25, 0.3) is 0 Å². The average Bonchev–Trinajstić information content (AvgIpc) is 3.06. The van der Waals surface area contributed by atoms with Gasteiger partial charge in [-0.05, 0) is 107 Å². The number of ether oxygens (including phenoxy) is 1. The van der Waals surface area contributed by atoms with Gasteiger partial charge in [0.2, 0.25) is 0 Å². The Labute approximate surface area is 292 Å². The van der Waals surface area contributed by atoms with Gasteiger partial charge < -0.3 is 14.9 Å². The van der Waals surface area contributed by atoms with E-state index in [1.807, 2.05) is 34.6 Å². The smallest absolute Gasteiger partial charge is 0.0973 e. The summed E-state index contributed by atoms with van der Waals surface area (Å²) in [7, 11) is 0. The monoisotopic (exact) mass is 663 g/mol. The standard InChI is InChI=1S/C13H26O2.C11H23F.C9H20.C5H12O.C2H6.C2H4/c1-4-11-6-7-13(15-5-2)12(9-11)8-10(3)14;1-5-9(2)10(3)7-6-8-11(4)12;1-6-8(4)9(5)7(2)3;1-3-5(6)4-2;2*1-2/h10-14H,4-9H2,1-3H3;9-11H,5-8H2,1-4H3;7-9H,6H2,1-5H3;5-6H,3-4H2,1-2H3;1-2H3;1-2H2/t10-,11+,12+,13?;;8-,9?;;;/m0.0.../s1. The molecule has 0 aromatic rings. The van der Waals surface area contributed by atoms with E-state index in [9.17, 15) is 9.50 Å². The first-order valence-electron chi connectivity index (χ1n) is 19.8. The van der Waals surface area contributed by atoms with E-state index in [1.54, 1.807) is 6.92 Å². The fourth-order valence-corrected chi connectivity index (χ4v) is 5.55. The van der Waals surface area contributed by atoms with Gasteiger partial charge in [-0.25, -0.2) is 4.39 Å². The Hall–Kier alpha value is -0.450. The van der Waals surface area contributed by atoms with Crippen LogP contribution in [0, 0.1) is 41.4 Å². The highest BCUT2D eigenvalue weighted by atomic mass is 19.1. The molecule has 284 valence electrons. The van der Waals surface area contributed by atoms with Crippen molar-refractivity contribution in [2.24, 2.45) is 41.4 Å². The SMILES string of the molecule is C=C.CC.CCC(C)C(C)CCCC(C)F.CCC(O)CC.CCOC1CC[C@@H](CC)C[C@H]1C[C@H](C)O.CC[C@H](C)C(C)C(C)C. The summed E-state index contributed by atoms with van der Waals surface area (Å²) in [5.74, 6) is 5.60. The second-order valence-electron chi connectivity index (χ2n) is 14.0. The van der Waals surface area contributed by atoms with Crippen LogP contribution in [0.15, 0.2) is 13.2 Å². The summed E-state index contributed by atoms with van der Waals surface area (Å²) in [5.41, 5.74) is 0. The van der Waals surface area contributed by atoms with Crippen LogP contribution < -0.4 is 0 Å². The van der Waals surface area contributed by atoms with Crippen molar-refractivity contribution in [2.45, 2.75) is 212 Å². The molecular weight excluding hydrogens is 571 g/mol. The van der Waals surface area contributed by atoms with Crippen LogP contribution in [-0.2, 0) is 4.74 Å². The molecule has 9 atom stereocenters. The Kier molecular flexibility index (Phi) is 46.6. The molecule has 5 unspecified atom stereocenters. The Morgan fingerprint density at radius 1 is 0.717 bits per heavy atom. The van der Waals surface area contributed by atoms with E-state index in [0.717, 1.165) is 74.2 Å². The van der Waals surface area contributed by atoms with Crippen molar-refractivity contribution in [1.29, 1.82) is 0 Å². The molecule has 3 nitrogen and oxygen atoms in total. The van der Waals surface area contributed by atoms with Crippen LogP contribution in [0.1, 0.15) is 188 Å². The predicted molar refractivity (Wildman–Crippen MR) is 209 cm³/mol. The summed E-state index contributed by atoms with van der Waals surface area (Å²) >= 11 is 0. The van der Waals surface area contributed by atoms with Crippen LogP contribution in [-0.4, -0.2) is 41.3 Å². The number of hydrogen-bond donors (Lipinski definition) is 2. The maximum atomic E-state index is 12.4. The quantitative estimate of drug-likeness (QED) is 0.162. The van der Waals surface area contributed by atoms with Crippen LogP contribution in [0.2, 0.25) is 0 Å². The van der Waals surface area contributed by atoms with Crippen molar-refractivity contribution < 1.29 is 19.3 Å². The first-order chi connectivity index (χ1) is 21.6. The van der Waals surface area contributed by atoms with Gasteiger partial charge in [0.1, 0.15) is 0 Å². The number of aliphatic hydroxyl groups excluding tert-OH is 2. The molecule has 0 heterocycles. The van der Waals surface area contributed by atoms with Gasteiger partial charge >= 0.3 is 0 Å². The van der Waals surface area contributed by atoms with Crippen LogP contribution in [0.4, 0.5) is 4.39 Å². The van der Waals surface area contributed by atoms with E-state index in [0.29, 0.717) is 12.0 Å². The fraction of sp³-hybridized carbons (Fsp3) is 0.952. The molecule has 0 bridgehead atoms. The Bertz CT molecular complexity index is 549. The summed E-state index contributed by atoms with van der Waals surface area (Å²) < 4.78 is 18.2. The van der Waals surface area contributed by atoms with E-state index in [2.05, 4.69) is 82.4 Å². The number of halogens is 1. The summed E-state index contributed by atoms with van der Waals surface area (Å²) in [6, 6.07) is 0. The zero-order valence-electron chi connectivity index (χ0n) is 34.6. The van der Waals surface area contributed by atoms with Crippen LogP contribution in [0.3, 0.4) is 0 Å². The molecular formula is C42H91FO3. The second-order valence-corrected chi connectivity index (χ2v) is 14.0. The third-order valence-corrected chi connectivity index (χ3v) is 10.0. The van der Waals surface area contributed by atoms with Crippen molar-refractivity contribution in [1.82, 2.24) is 0 Å². The Morgan fingerprint density at radius 2 is 1.22 bits per heavy atom. The molecule has 1 aliphatic carbocycles. The van der Waals surface area contributed by atoms with Crippen molar-refractivity contribution in [3.8, 4) is 0 Å². The maximum absolute atomic E-state index is 12.4.